The second kappa shape index (κ2) is 9.98. The van der Waals surface area contributed by atoms with Crippen LogP contribution in [0.1, 0.15) is 25.0 Å². The normalized spacial score (nSPS) is 18.4. The number of thiazole rings is 1. The van der Waals surface area contributed by atoms with Crippen LogP contribution >= 0.6 is 23.1 Å². The Hall–Kier alpha value is -1.74. The lowest BCUT2D eigenvalue weighted by molar-refractivity contribution is -0.112. The number of aromatic nitrogens is 1. The molecule has 0 unspecified atom stereocenters. The Balaban J connectivity index is 1.88. The van der Waals surface area contributed by atoms with E-state index in [4.69, 9.17) is 16.6 Å². The number of hydrazine groups is 1. The van der Waals surface area contributed by atoms with Crippen molar-refractivity contribution in [3.8, 4) is 0 Å². The van der Waals surface area contributed by atoms with Crippen LogP contribution in [0.25, 0.3) is 0 Å². The Bertz CT molecular complexity index is 803. The lowest BCUT2D eigenvalue weighted by Crippen LogP contribution is -2.46. The van der Waals surface area contributed by atoms with Crippen molar-refractivity contribution in [2.24, 2.45) is 26.0 Å². The number of nitrogens with one attached hydrogen (secondary N) is 1. The molecule has 0 spiro atoms. The maximum absolute atomic E-state index is 11.3. The molecule has 14 heteroatoms. The van der Waals surface area contributed by atoms with E-state index >= 15 is 0 Å². The topological polar surface area (TPSA) is 182 Å². The molecule has 2 heterocycles. The van der Waals surface area contributed by atoms with Gasteiger partial charge >= 0.3 is 10.2 Å². The molecule has 1 aliphatic rings. The lowest BCUT2D eigenvalue weighted by Gasteiger charge is -2.23. The van der Waals surface area contributed by atoms with Gasteiger partial charge in [0.15, 0.2) is 5.96 Å². The van der Waals surface area contributed by atoms with Crippen LogP contribution in [-0.2, 0) is 20.8 Å². The summed E-state index contributed by atoms with van der Waals surface area (Å²) in [6.45, 7) is 0.632. The minimum absolute atomic E-state index is 0.0472. The number of nitrogens with zero attached hydrogens (tertiary/aromatic N) is 4. The number of hydrogen-bond donors (Lipinski definition) is 4. The second-order valence-electron chi connectivity index (χ2n) is 5.66. The molecular weight excluding hydrogens is 412 g/mol. The number of guanidine groups is 1. The Morgan fingerprint density at radius 3 is 2.96 bits per heavy atom. The molecule has 0 amide bonds. The largest absolute Gasteiger partial charge is 0.370 e. The molecule has 0 radical (unpaired) electrons. The number of carbonyl (C=O) groups is 1. The number of hydrogen-bond acceptors (Lipinski definition) is 8. The van der Waals surface area contributed by atoms with E-state index in [1.54, 1.807) is 16.8 Å². The molecule has 0 saturated carbocycles. The summed E-state index contributed by atoms with van der Waals surface area (Å²) in [5.74, 6) is 1.35. The van der Waals surface area contributed by atoms with Crippen LogP contribution in [0.3, 0.4) is 0 Å². The van der Waals surface area contributed by atoms with Gasteiger partial charge in [0, 0.05) is 29.9 Å². The van der Waals surface area contributed by atoms with Gasteiger partial charge in [-0.05, 0) is 12.8 Å². The van der Waals surface area contributed by atoms with Crippen molar-refractivity contribution < 1.29 is 13.2 Å². The molecule has 1 atom stereocenters. The fourth-order valence-electron chi connectivity index (χ4n) is 2.38. The highest BCUT2D eigenvalue weighted by atomic mass is 32.2. The van der Waals surface area contributed by atoms with Crippen LogP contribution < -0.4 is 22.0 Å². The Morgan fingerprint density at radius 2 is 2.30 bits per heavy atom. The van der Waals surface area contributed by atoms with E-state index in [2.05, 4.69) is 19.8 Å². The molecule has 1 aromatic heterocycles. The van der Waals surface area contributed by atoms with E-state index in [1.807, 2.05) is 5.38 Å². The summed E-state index contributed by atoms with van der Waals surface area (Å²) in [4.78, 5) is 19.2. The fraction of sp³-hybridized carbons (Fsp3) is 0.538. The number of rotatable bonds is 9. The predicted molar refractivity (Wildman–Crippen MR) is 108 cm³/mol. The van der Waals surface area contributed by atoms with Gasteiger partial charge in [-0.25, -0.2) is 15.1 Å². The molecule has 7 N–H and O–H groups in total. The van der Waals surface area contributed by atoms with E-state index in [9.17, 15) is 13.2 Å². The molecule has 1 aromatic rings. The van der Waals surface area contributed by atoms with E-state index < -0.39 is 10.2 Å². The third kappa shape index (κ3) is 7.80. The molecule has 11 nitrogen and oxygen atoms in total. The van der Waals surface area contributed by atoms with Gasteiger partial charge in [0.2, 0.25) is 5.13 Å². The Labute approximate surface area is 165 Å². The maximum atomic E-state index is 11.3. The minimum Gasteiger partial charge on any atom is -0.370 e. The summed E-state index contributed by atoms with van der Waals surface area (Å²) in [6, 6.07) is -0.299. The third-order valence-corrected chi connectivity index (χ3v) is 5.71. The summed E-state index contributed by atoms with van der Waals surface area (Å²) in [6.07, 6.45) is 2.74. The van der Waals surface area contributed by atoms with Gasteiger partial charge in [-0.2, -0.15) is 25.2 Å². The van der Waals surface area contributed by atoms with Crippen LogP contribution in [0.4, 0.5) is 5.13 Å². The molecular formula is C13H22N8O3S3. The summed E-state index contributed by atoms with van der Waals surface area (Å²) in [5, 5.41) is 9.04. The zero-order chi connectivity index (χ0) is 19.9. The van der Waals surface area contributed by atoms with Crippen molar-refractivity contribution in [3.05, 3.63) is 11.1 Å². The first kappa shape index (κ1) is 21.6. The molecule has 1 fully saturated rings. The molecule has 1 saturated heterocycles. The van der Waals surface area contributed by atoms with Crippen LogP contribution in [0, 0.1) is 0 Å². The molecule has 0 aromatic carbocycles. The van der Waals surface area contributed by atoms with E-state index in [0.717, 1.165) is 24.8 Å². The van der Waals surface area contributed by atoms with E-state index in [-0.39, 0.29) is 17.8 Å². The minimum atomic E-state index is -4.03. The van der Waals surface area contributed by atoms with Crippen LogP contribution in [0.5, 0.6) is 0 Å². The van der Waals surface area contributed by atoms with Crippen molar-refractivity contribution >= 4 is 56.5 Å². The molecule has 27 heavy (non-hydrogen) atoms. The SMILES string of the molecule is NC(N)=Nc1nc(CSCCC(=NS(N)(=O)=O)NN2CCC[C@H]2C=O)cs1. The molecule has 0 aliphatic carbocycles. The van der Waals surface area contributed by atoms with Gasteiger partial charge in [0.25, 0.3) is 0 Å². The highest BCUT2D eigenvalue weighted by Crippen LogP contribution is 2.22. The Kier molecular flexibility index (Phi) is 7.97. The maximum Gasteiger partial charge on any atom is 0.318 e. The predicted octanol–water partition coefficient (Wildman–Crippen LogP) is -0.559. The molecule has 1 aliphatic heterocycles. The highest BCUT2D eigenvalue weighted by molar-refractivity contribution is 7.98. The summed E-state index contributed by atoms with van der Waals surface area (Å²) >= 11 is 2.88. The molecule has 150 valence electrons. The monoisotopic (exact) mass is 434 g/mol. The van der Waals surface area contributed by atoms with Crippen molar-refractivity contribution in [3.63, 3.8) is 0 Å². The van der Waals surface area contributed by atoms with Crippen molar-refractivity contribution in [2.75, 3.05) is 12.3 Å². The first-order valence-electron chi connectivity index (χ1n) is 7.99. The van der Waals surface area contributed by atoms with Gasteiger partial charge in [-0.3, -0.25) is 0 Å². The van der Waals surface area contributed by atoms with Crippen molar-refractivity contribution in [1.82, 2.24) is 15.4 Å². The first-order valence-corrected chi connectivity index (χ1v) is 11.5. The van der Waals surface area contributed by atoms with Crippen LogP contribution in [0.2, 0.25) is 0 Å². The number of amidine groups is 1. The zero-order valence-corrected chi connectivity index (χ0v) is 16.9. The van der Waals surface area contributed by atoms with Gasteiger partial charge in [-0.15, -0.1) is 15.7 Å². The van der Waals surface area contributed by atoms with Gasteiger partial charge in [-0.1, -0.05) is 0 Å². The van der Waals surface area contributed by atoms with Crippen LogP contribution in [-0.4, -0.2) is 54.8 Å². The van der Waals surface area contributed by atoms with Gasteiger partial charge in [0.1, 0.15) is 12.1 Å². The summed E-state index contributed by atoms with van der Waals surface area (Å²) in [7, 11) is -4.03. The molecule has 2 rings (SSSR count). The van der Waals surface area contributed by atoms with E-state index in [1.165, 1.54) is 11.3 Å². The summed E-state index contributed by atoms with van der Waals surface area (Å²) < 4.78 is 26.2. The van der Waals surface area contributed by atoms with Gasteiger partial charge in [0.05, 0.1) is 11.7 Å². The number of aldehydes is 1. The Morgan fingerprint density at radius 1 is 1.52 bits per heavy atom. The lowest BCUT2D eigenvalue weighted by atomic mass is 10.2. The average Bonchev–Trinajstić information content (AvgIpc) is 3.18. The van der Waals surface area contributed by atoms with Crippen molar-refractivity contribution in [1.29, 1.82) is 0 Å². The van der Waals surface area contributed by atoms with Crippen LogP contribution in [0.15, 0.2) is 14.8 Å². The zero-order valence-electron chi connectivity index (χ0n) is 14.4. The first-order chi connectivity index (χ1) is 12.8. The average molecular weight is 435 g/mol. The fourth-order valence-corrected chi connectivity index (χ4v) is 4.47. The molecule has 0 bridgehead atoms. The van der Waals surface area contributed by atoms with Crippen molar-refractivity contribution in [2.45, 2.75) is 31.1 Å². The summed E-state index contributed by atoms with van der Waals surface area (Å²) in [5.41, 5.74) is 14.4. The standard InChI is InChI=1S/C13H22N8O3S3/c14-12(15)18-13-17-9(8-26-13)7-25-5-3-11(20-27(16,23)24)19-21-4-1-2-10(21)6-22/h6,8,10H,1-5,7H2,(H,19,20)(H2,16,23,24)(H4,14,15,17,18)/t10-/m0/s1. The number of nitrogens with two attached hydrogens (primary N) is 3. The quantitative estimate of drug-likeness (QED) is 0.171. The van der Waals surface area contributed by atoms with Gasteiger partial charge < -0.3 is 21.7 Å². The smallest absolute Gasteiger partial charge is 0.318 e. The highest BCUT2D eigenvalue weighted by Gasteiger charge is 2.25. The third-order valence-electron chi connectivity index (χ3n) is 3.46. The second-order valence-corrected chi connectivity index (χ2v) is 8.82. The number of thioether (sulfide) groups is 1. The number of carbonyl (C=O) groups excluding carboxylic acids is 1. The number of aliphatic imine (C=N–C) groups is 1. The van der Waals surface area contributed by atoms with E-state index in [0.29, 0.717) is 29.6 Å².